The third-order valence-corrected chi connectivity index (χ3v) is 6.01. The van der Waals surface area contributed by atoms with Gasteiger partial charge in [0, 0.05) is 38.1 Å². The molecule has 2 saturated heterocycles. The van der Waals surface area contributed by atoms with Crippen LogP contribution in [0.15, 0.2) is 17.2 Å². The van der Waals surface area contributed by atoms with E-state index in [1.54, 1.807) is 6.20 Å². The number of hydrogen-bond acceptors (Lipinski definition) is 5. The molecule has 1 aromatic heterocycles. The predicted molar refractivity (Wildman–Crippen MR) is 89.7 cm³/mol. The Morgan fingerprint density at radius 3 is 2.96 bits per heavy atom. The number of likely N-dealkylation sites (tertiary alicyclic amines) is 1. The molecule has 7 heteroatoms. The molecule has 0 spiro atoms. The summed E-state index contributed by atoms with van der Waals surface area (Å²) >= 11 is 5.95. The predicted octanol–water partition coefficient (Wildman–Crippen LogP) is 2.35. The monoisotopic (exact) mass is 358 g/mol. The van der Waals surface area contributed by atoms with Crippen LogP contribution in [-0.4, -0.2) is 57.4 Å². The number of piperidine rings is 1. The fourth-order valence-electron chi connectivity index (χ4n) is 3.57. The number of halogens is 1. The fourth-order valence-corrected chi connectivity index (χ4v) is 4.73. The smallest absolute Gasteiger partial charge is 0.177 e. The van der Waals surface area contributed by atoms with E-state index in [2.05, 4.69) is 9.88 Å². The molecule has 0 N–H and O–H groups in total. The quantitative estimate of drug-likeness (QED) is 0.826. The summed E-state index contributed by atoms with van der Waals surface area (Å²) in [6.45, 7) is 4.65. The lowest BCUT2D eigenvalue weighted by Crippen LogP contribution is -2.38. The molecule has 3 rings (SSSR count). The first-order valence-corrected chi connectivity index (χ1v) is 10.4. The summed E-state index contributed by atoms with van der Waals surface area (Å²) in [5.41, 5.74) is 0.671. The van der Waals surface area contributed by atoms with E-state index in [-0.39, 0.29) is 10.8 Å². The van der Waals surface area contributed by atoms with Crippen LogP contribution in [0.1, 0.15) is 30.9 Å². The van der Waals surface area contributed by atoms with E-state index in [0.717, 1.165) is 52.1 Å². The second kappa shape index (κ2) is 7.05. The number of pyridine rings is 1. The van der Waals surface area contributed by atoms with Crippen molar-refractivity contribution in [3.63, 3.8) is 0 Å². The molecule has 2 atom stereocenters. The van der Waals surface area contributed by atoms with Crippen LogP contribution in [-0.2, 0) is 14.6 Å². The molecule has 2 aliphatic rings. The maximum atomic E-state index is 12.1. The summed E-state index contributed by atoms with van der Waals surface area (Å²) in [7, 11) is -3.33. The second-order valence-electron chi connectivity index (χ2n) is 6.64. The van der Waals surface area contributed by atoms with Crippen LogP contribution >= 0.6 is 11.6 Å². The third-order valence-electron chi connectivity index (χ3n) is 4.68. The van der Waals surface area contributed by atoms with Crippen molar-refractivity contribution in [3.05, 3.63) is 23.0 Å². The van der Waals surface area contributed by atoms with Crippen molar-refractivity contribution in [2.24, 2.45) is 5.92 Å². The lowest BCUT2D eigenvalue weighted by atomic mass is 9.93. The average Bonchev–Trinajstić information content (AvgIpc) is 2.99. The largest absolute Gasteiger partial charge is 0.381 e. The highest BCUT2D eigenvalue weighted by atomic mass is 35.5. The number of hydrogen-bond donors (Lipinski definition) is 0. The fraction of sp³-hybridized carbons (Fsp3) is 0.688. The zero-order chi connectivity index (χ0) is 16.4. The Morgan fingerprint density at radius 2 is 2.26 bits per heavy atom. The maximum Gasteiger partial charge on any atom is 0.177 e. The molecule has 2 fully saturated rings. The highest BCUT2D eigenvalue weighted by molar-refractivity contribution is 7.90. The Hall–Kier alpha value is -0.690. The van der Waals surface area contributed by atoms with E-state index < -0.39 is 9.84 Å². The van der Waals surface area contributed by atoms with Gasteiger partial charge in [-0.05, 0) is 37.8 Å². The minimum absolute atomic E-state index is 0.146. The Morgan fingerprint density at radius 1 is 1.43 bits per heavy atom. The van der Waals surface area contributed by atoms with E-state index in [9.17, 15) is 8.42 Å². The number of ether oxygens (including phenoxy) is 1. The Bertz CT molecular complexity index is 659. The molecule has 0 saturated carbocycles. The first-order valence-electron chi connectivity index (χ1n) is 8.09. The molecule has 1 aromatic rings. The Kier molecular flexibility index (Phi) is 5.26. The number of rotatable bonds is 4. The molecule has 2 unspecified atom stereocenters. The van der Waals surface area contributed by atoms with Crippen molar-refractivity contribution < 1.29 is 13.2 Å². The zero-order valence-electron chi connectivity index (χ0n) is 13.4. The Balaban J connectivity index is 1.78. The van der Waals surface area contributed by atoms with Crippen molar-refractivity contribution in [1.29, 1.82) is 0 Å². The summed E-state index contributed by atoms with van der Waals surface area (Å²) in [5, 5.41) is 0.366. The van der Waals surface area contributed by atoms with E-state index in [0.29, 0.717) is 16.6 Å². The van der Waals surface area contributed by atoms with Crippen molar-refractivity contribution in [2.75, 3.05) is 39.1 Å². The minimum Gasteiger partial charge on any atom is -0.381 e. The molecule has 2 aliphatic heterocycles. The standard InChI is InChI=1S/C16H23ClN2O3S/c1-23(20,21)15-7-14(17)8-18-16(15)13-3-2-5-19(10-13)9-12-4-6-22-11-12/h7-8,12-13H,2-6,9-11H2,1H3. The van der Waals surface area contributed by atoms with Gasteiger partial charge in [-0.15, -0.1) is 0 Å². The first kappa shape index (κ1) is 17.1. The lowest BCUT2D eigenvalue weighted by Gasteiger charge is -2.34. The normalized spacial score (nSPS) is 26.5. The summed E-state index contributed by atoms with van der Waals surface area (Å²) in [4.78, 5) is 7.08. The van der Waals surface area contributed by atoms with Gasteiger partial charge >= 0.3 is 0 Å². The van der Waals surface area contributed by atoms with Crippen molar-refractivity contribution in [1.82, 2.24) is 9.88 Å². The molecule has 23 heavy (non-hydrogen) atoms. The van der Waals surface area contributed by atoms with Gasteiger partial charge in [0.25, 0.3) is 0 Å². The number of nitrogens with zero attached hydrogens (tertiary/aromatic N) is 2. The van der Waals surface area contributed by atoms with Crippen LogP contribution in [0.4, 0.5) is 0 Å². The van der Waals surface area contributed by atoms with E-state index in [1.807, 2.05) is 0 Å². The van der Waals surface area contributed by atoms with Crippen LogP contribution < -0.4 is 0 Å². The maximum absolute atomic E-state index is 12.1. The minimum atomic E-state index is -3.33. The van der Waals surface area contributed by atoms with Gasteiger partial charge < -0.3 is 9.64 Å². The van der Waals surface area contributed by atoms with Gasteiger partial charge in [0.2, 0.25) is 0 Å². The molecule has 0 radical (unpaired) electrons. The van der Waals surface area contributed by atoms with Gasteiger partial charge in [0.15, 0.2) is 9.84 Å². The van der Waals surface area contributed by atoms with E-state index >= 15 is 0 Å². The highest BCUT2D eigenvalue weighted by Crippen LogP contribution is 2.32. The molecular weight excluding hydrogens is 336 g/mol. The highest BCUT2D eigenvalue weighted by Gasteiger charge is 2.29. The lowest BCUT2D eigenvalue weighted by molar-refractivity contribution is 0.149. The summed E-state index contributed by atoms with van der Waals surface area (Å²) in [5.74, 6) is 0.745. The summed E-state index contributed by atoms with van der Waals surface area (Å²) < 4.78 is 29.6. The van der Waals surface area contributed by atoms with Crippen LogP contribution in [0.25, 0.3) is 0 Å². The Labute approximate surface area is 142 Å². The van der Waals surface area contributed by atoms with Gasteiger partial charge in [-0.1, -0.05) is 11.6 Å². The van der Waals surface area contributed by atoms with Crippen LogP contribution in [0.5, 0.6) is 0 Å². The van der Waals surface area contributed by atoms with E-state index in [4.69, 9.17) is 16.3 Å². The van der Waals surface area contributed by atoms with Gasteiger partial charge in [-0.25, -0.2) is 8.42 Å². The van der Waals surface area contributed by atoms with Crippen LogP contribution in [0.3, 0.4) is 0 Å². The van der Waals surface area contributed by atoms with Crippen molar-refractivity contribution >= 4 is 21.4 Å². The second-order valence-corrected chi connectivity index (χ2v) is 9.06. The molecule has 0 bridgehead atoms. The van der Waals surface area contributed by atoms with Gasteiger partial charge in [-0.2, -0.15) is 0 Å². The SMILES string of the molecule is CS(=O)(=O)c1cc(Cl)cnc1C1CCCN(CC2CCOC2)C1. The zero-order valence-corrected chi connectivity index (χ0v) is 14.9. The molecule has 5 nitrogen and oxygen atoms in total. The summed E-state index contributed by atoms with van der Waals surface area (Å²) in [6.07, 6.45) is 5.92. The molecule has 3 heterocycles. The topological polar surface area (TPSA) is 59.5 Å². The van der Waals surface area contributed by atoms with Crippen molar-refractivity contribution in [3.8, 4) is 0 Å². The van der Waals surface area contributed by atoms with Gasteiger partial charge in [0.05, 0.1) is 22.2 Å². The number of aromatic nitrogens is 1. The molecule has 0 amide bonds. The number of sulfone groups is 1. The first-order chi connectivity index (χ1) is 10.9. The summed E-state index contributed by atoms with van der Waals surface area (Å²) in [6, 6.07) is 1.53. The van der Waals surface area contributed by atoms with Crippen LogP contribution in [0, 0.1) is 5.92 Å². The molecule has 128 valence electrons. The average molecular weight is 359 g/mol. The molecule has 0 aliphatic carbocycles. The molecule has 0 aromatic carbocycles. The third kappa shape index (κ3) is 4.24. The van der Waals surface area contributed by atoms with Gasteiger partial charge in [-0.3, -0.25) is 4.98 Å². The molecular formula is C16H23ClN2O3S. The van der Waals surface area contributed by atoms with Crippen molar-refractivity contribution in [2.45, 2.75) is 30.1 Å². The van der Waals surface area contributed by atoms with E-state index in [1.165, 1.54) is 12.3 Å². The van der Waals surface area contributed by atoms with Gasteiger partial charge in [0.1, 0.15) is 0 Å². The van der Waals surface area contributed by atoms with Crippen LogP contribution in [0.2, 0.25) is 5.02 Å².